The predicted octanol–water partition coefficient (Wildman–Crippen LogP) is 3.87. The van der Waals surface area contributed by atoms with Gasteiger partial charge in [0.1, 0.15) is 17.6 Å². The summed E-state index contributed by atoms with van der Waals surface area (Å²) in [4.78, 5) is 45.6. The van der Waals surface area contributed by atoms with Crippen molar-refractivity contribution in [3.05, 3.63) is 54.6 Å². The molecule has 0 saturated carbocycles. The summed E-state index contributed by atoms with van der Waals surface area (Å²) in [6.45, 7) is 15.4. The van der Waals surface area contributed by atoms with Gasteiger partial charge in [-0.15, -0.1) is 13.2 Å². The summed E-state index contributed by atoms with van der Waals surface area (Å²) in [6, 6.07) is 4.26. The maximum absolute atomic E-state index is 14.7. The number of likely N-dealkylation sites (tertiary alicyclic amines) is 1. The highest BCUT2D eigenvalue weighted by atomic mass is 16.6. The lowest BCUT2D eigenvalue weighted by Crippen LogP contribution is -2.59. The van der Waals surface area contributed by atoms with Gasteiger partial charge in [0.15, 0.2) is 0 Å². The number of esters is 1. The molecule has 4 rings (SSSR count). The van der Waals surface area contributed by atoms with E-state index in [0.29, 0.717) is 32.1 Å². The third kappa shape index (κ3) is 4.61. The molecule has 1 N–H and O–H groups in total. The summed E-state index contributed by atoms with van der Waals surface area (Å²) in [6.07, 6.45) is 6.24. The minimum atomic E-state index is -1.19. The van der Waals surface area contributed by atoms with Gasteiger partial charge >= 0.3 is 5.97 Å². The molecule has 3 aliphatic rings. The number of allylic oxidation sites excluding steroid dienone is 1. The molecule has 3 saturated heterocycles. The molecular weight excluding hydrogens is 496 g/mol. The molecule has 39 heavy (non-hydrogen) atoms. The molecular formula is C31H42N2O6. The first kappa shape index (κ1) is 29.0. The number of carbonyl (C=O) groups excluding carboxylic acids is 3. The minimum Gasteiger partial charge on any atom is -0.465 e. The highest BCUT2D eigenvalue weighted by Crippen LogP contribution is 2.64. The number of hydrogen-bond acceptors (Lipinski definition) is 6. The Hall–Kier alpha value is -2.97. The Morgan fingerprint density at radius 1 is 1.26 bits per heavy atom. The van der Waals surface area contributed by atoms with E-state index in [4.69, 9.17) is 9.47 Å². The van der Waals surface area contributed by atoms with Gasteiger partial charge in [-0.2, -0.15) is 0 Å². The Bertz CT molecular complexity index is 1130. The van der Waals surface area contributed by atoms with E-state index in [9.17, 15) is 19.5 Å². The number of ether oxygens (including phenoxy) is 2. The molecule has 2 unspecified atom stereocenters. The molecule has 3 heterocycles. The molecule has 8 heteroatoms. The number of anilines is 1. The number of rotatable bonds is 12. The Kier molecular flexibility index (Phi) is 8.38. The van der Waals surface area contributed by atoms with E-state index in [1.165, 1.54) is 4.90 Å². The van der Waals surface area contributed by atoms with Gasteiger partial charge in [-0.3, -0.25) is 14.4 Å². The van der Waals surface area contributed by atoms with Crippen molar-refractivity contribution in [2.45, 2.75) is 83.1 Å². The zero-order chi connectivity index (χ0) is 28.5. The van der Waals surface area contributed by atoms with E-state index in [1.807, 2.05) is 45.9 Å². The van der Waals surface area contributed by atoms with E-state index in [-0.39, 0.29) is 31.6 Å². The summed E-state index contributed by atoms with van der Waals surface area (Å²) in [5, 5.41) is 10.3. The normalized spacial score (nSPS) is 29.7. The maximum Gasteiger partial charge on any atom is 0.312 e. The van der Waals surface area contributed by atoms with Crippen molar-refractivity contribution >= 4 is 23.5 Å². The van der Waals surface area contributed by atoms with Crippen molar-refractivity contribution in [2.75, 3.05) is 24.7 Å². The number of aliphatic hydroxyl groups excluding tert-OH is 1. The fourth-order valence-electron chi connectivity index (χ4n) is 7.10. The fraction of sp³-hybridized carbons (Fsp3) is 0.581. The van der Waals surface area contributed by atoms with Crippen LogP contribution >= 0.6 is 0 Å². The lowest BCUT2D eigenvalue weighted by molar-refractivity contribution is -0.160. The van der Waals surface area contributed by atoms with Crippen LogP contribution in [0.3, 0.4) is 0 Å². The van der Waals surface area contributed by atoms with Crippen LogP contribution in [0, 0.1) is 25.7 Å². The van der Waals surface area contributed by atoms with Crippen LogP contribution in [0.2, 0.25) is 0 Å². The number of unbranched alkanes of at least 4 members (excludes halogenated alkanes) is 1. The van der Waals surface area contributed by atoms with E-state index >= 15 is 0 Å². The molecule has 1 aromatic carbocycles. The fourth-order valence-corrected chi connectivity index (χ4v) is 7.10. The topological polar surface area (TPSA) is 96.4 Å². The zero-order valence-corrected chi connectivity index (χ0v) is 23.7. The molecule has 3 fully saturated rings. The van der Waals surface area contributed by atoms with Gasteiger partial charge < -0.3 is 24.4 Å². The van der Waals surface area contributed by atoms with E-state index < -0.39 is 41.1 Å². The van der Waals surface area contributed by atoms with Gasteiger partial charge in [0.25, 0.3) is 5.91 Å². The number of amides is 2. The van der Waals surface area contributed by atoms with Crippen LogP contribution < -0.4 is 4.90 Å². The van der Waals surface area contributed by atoms with Gasteiger partial charge in [-0.25, -0.2) is 0 Å². The van der Waals surface area contributed by atoms with Crippen LogP contribution in [0.25, 0.3) is 0 Å². The van der Waals surface area contributed by atoms with Crippen LogP contribution in [0.5, 0.6) is 0 Å². The van der Waals surface area contributed by atoms with Gasteiger partial charge in [0.2, 0.25) is 5.91 Å². The van der Waals surface area contributed by atoms with Gasteiger partial charge in [0.05, 0.1) is 30.8 Å². The molecule has 6 atom stereocenters. The molecule has 0 aromatic heterocycles. The number of fused-ring (bicyclic) bond motifs is 1. The average Bonchev–Trinajstić information content (AvgIpc) is 3.47. The Morgan fingerprint density at radius 2 is 1.95 bits per heavy atom. The summed E-state index contributed by atoms with van der Waals surface area (Å²) >= 11 is 0. The summed E-state index contributed by atoms with van der Waals surface area (Å²) < 4.78 is 12.3. The lowest BCUT2D eigenvalue weighted by Gasteiger charge is -2.39. The van der Waals surface area contributed by atoms with Crippen LogP contribution in [0.4, 0.5) is 5.69 Å². The average molecular weight is 539 g/mol. The number of aryl methyl sites for hydroxylation is 2. The molecule has 2 bridgehead atoms. The Labute approximate surface area is 231 Å². The maximum atomic E-state index is 14.7. The second-order valence-electron chi connectivity index (χ2n) is 11.3. The second kappa shape index (κ2) is 11.3. The monoisotopic (exact) mass is 538 g/mol. The lowest BCUT2D eigenvalue weighted by atomic mass is 9.66. The van der Waals surface area contributed by atoms with Crippen LogP contribution in [-0.4, -0.2) is 70.8 Å². The predicted molar refractivity (Wildman–Crippen MR) is 149 cm³/mol. The van der Waals surface area contributed by atoms with E-state index in [0.717, 1.165) is 16.8 Å². The van der Waals surface area contributed by atoms with Crippen molar-refractivity contribution in [2.24, 2.45) is 11.8 Å². The molecule has 1 aromatic rings. The number of para-hydroxylation sites is 1. The number of hydrogen-bond donors (Lipinski definition) is 1. The van der Waals surface area contributed by atoms with Crippen LogP contribution in [0.1, 0.15) is 57.1 Å². The summed E-state index contributed by atoms with van der Waals surface area (Å²) in [7, 11) is 0. The molecule has 3 aliphatic heterocycles. The smallest absolute Gasteiger partial charge is 0.312 e. The van der Waals surface area contributed by atoms with E-state index in [2.05, 4.69) is 13.2 Å². The highest BCUT2D eigenvalue weighted by Gasteiger charge is 2.79. The van der Waals surface area contributed by atoms with Crippen LogP contribution in [-0.2, 0) is 23.9 Å². The third-order valence-electron chi connectivity index (χ3n) is 8.86. The quantitative estimate of drug-likeness (QED) is 0.247. The second-order valence-corrected chi connectivity index (χ2v) is 11.3. The first-order chi connectivity index (χ1) is 18.6. The van der Waals surface area contributed by atoms with Gasteiger partial charge in [0, 0.05) is 12.2 Å². The number of aliphatic hydroxyl groups is 1. The van der Waals surface area contributed by atoms with Crippen molar-refractivity contribution < 1.29 is 29.0 Å². The number of benzene rings is 1. The first-order valence-corrected chi connectivity index (χ1v) is 14.0. The van der Waals surface area contributed by atoms with Crippen molar-refractivity contribution in [3.63, 3.8) is 0 Å². The molecule has 0 aliphatic carbocycles. The van der Waals surface area contributed by atoms with Gasteiger partial charge in [-0.05, 0) is 64.0 Å². The van der Waals surface area contributed by atoms with Crippen LogP contribution in [0.15, 0.2) is 43.5 Å². The van der Waals surface area contributed by atoms with Crippen molar-refractivity contribution in [1.29, 1.82) is 0 Å². The zero-order valence-electron chi connectivity index (χ0n) is 23.7. The summed E-state index contributed by atoms with van der Waals surface area (Å²) in [5.41, 5.74) is 0.515. The molecule has 0 radical (unpaired) electrons. The minimum absolute atomic E-state index is 0.227. The van der Waals surface area contributed by atoms with Crippen molar-refractivity contribution in [3.8, 4) is 0 Å². The van der Waals surface area contributed by atoms with Gasteiger partial charge in [-0.1, -0.05) is 37.3 Å². The number of carbonyl (C=O) groups is 3. The molecule has 1 spiro atoms. The largest absolute Gasteiger partial charge is 0.465 e. The molecule has 212 valence electrons. The molecule has 8 nitrogen and oxygen atoms in total. The Balaban J connectivity index is 1.80. The highest BCUT2D eigenvalue weighted by molar-refractivity contribution is 6.05. The summed E-state index contributed by atoms with van der Waals surface area (Å²) in [5.74, 6) is -2.78. The SMILES string of the molecule is C=CCCCOC(=O)[C@@H]1[C@H]2C(=O)N([C@@H](CC)CO)C(C(=O)N(CC=C)c3c(C)cccc3C)C23CC[C@@]1(C)O3. The third-order valence-corrected chi connectivity index (χ3v) is 8.86. The van der Waals surface area contributed by atoms with E-state index in [1.54, 1.807) is 17.1 Å². The Morgan fingerprint density at radius 3 is 2.54 bits per heavy atom. The van der Waals surface area contributed by atoms with Crippen molar-refractivity contribution in [1.82, 2.24) is 4.90 Å². The number of nitrogens with zero attached hydrogens (tertiary/aromatic N) is 2. The first-order valence-electron chi connectivity index (χ1n) is 14.0. The standard InChI is InChI=1S/C31H42N2O6/c1-7-10-11-18-38-29(37)24-23-27(35)33(22(9-3)19-34)26(31(23)16-15-30(24,6)39-31)28(36)32(17-8-2)25-20(4)13-12-14-21(25)5/h7-8,12-14,22-24,26,34H,1-2,9-11,15-19H2,3-6H3/t22-,23-,24-,26?,30+,31?/m0/s1. The molecule has 2 amide bonds.